The van der Waals surface area contributed by atoms with E-state index in [1.54, 1.807) is 0 Å². The van der Waals surface area contributed by atoms with Crippen molar-refractivity contribution in [3.8, 4) is 0 Å². The van der Waals surface area contributed by atoms with E-state index in [4.69, 9.17) is 32.3 Å². The number of phosphoric ester groups is 2. The highest BCUT2D eigenvalue weighted by molar-refractivity contribution is 7.47. The van der Waals surface area contributed by atoms with Crippen LogP contribution in [0.15, 0.2) is 0 Å². The number of unbranched alkanes of at least 4 members (excludes halogenated alkanes) is 20. The molecule has 0 saturated heterocycles. The van der Waals surface area contributed by atoms with Crippen LogP contribution in [0.1, 0.15) is 234 Å². The Morgan fingerprint density at radius 3 is 1.49 bits per heavy atom. The third-order valence-electron chi connectivity index (χ3n) is 12.2. The number of nitrogens with one attached hydrogen (secondary N) is 3. The fraction of sp³-hybridized carbons (Fsp3) is 0.942. The Kier molecular flexibility index (Phi) is 48.1. The quantitative estimate of drug-likeness (QED) is 0.0217. The van der Waals surface area contributed by atoms with Gasteiger partial charge in [-0.05, 0) is 44.4 Å². The molecule has 0 heterocycles. The van der Waals surface area contributed by atoms with Crippen molar-refractivity contribution in [2.75, 3.05) is 65.9 Å². The summed E-state index contributed by atoms with van der Waals surface area (Å²) in [4.78, 5) is 58.0. The van der Waals surface area contributed by atoms with Gasteiger partial charge in [-0.2, -0.15) is 0 Å². The second kappa shape index (κ2) is 49.2. The van der Waals surface area contributed by atoms with Gasteiger partial charge in [0.1, 0.15) is 6.10 Å². The number of phosphoric acid groups is 2. The van der Waals surface area contributed by atoms with Crippen LogP contribution < -0.4 is 16.0 Å². The molecule has 0 aliphatic heterocycles. The van der Waals surface area contributed by atoms with E-state index < -0.39 is 27.7 Å². The number of rotatable bonds is 54. The molecule has 0 aromatic heterocycles. The molecule has 17 nitrogen and oxygen atoms in total. The number of urea groups is 1. The minimum Gasteiger partial charge on any atom is -0.462 e. The normalized spacial score (nSPS) is 14.6. The van der Waals surface area contributed by atoms with E-state index in [0.717, 1.165) is 77.0 Å². The van der Waals surface area contributed by atoms with Crippen LogP contribution in [0.4, 0.5) is 4.79 Å². The predicted octanol–water partition coefficient (Wildman–Crippen LogP) is 12.8. The van der Waals surface area contributed by atoms with Crippen molar-refractivity contribution >= 4 is 33.6 Å². The lowest BCUT2D eigenvalue weighted by atomic mass is 9.99. The molecule has 2 unspecified atom stereocenters. The van der Waals surface area contributed by atoms with Crippen molar-refractivity contribution in [2.24, 2.45) is 5.92 Å². The lowest BCUT2D eigenvalue weighted by Gasteiger charge is -2.21. The average molecular weight is 1060 g/mol. The number of carbonyl (C=O) groups excluding carboxylic acids is 3. The Hall–Kier alpha value is -1.65. The lowest BCUT2D eigenvalue weighted by Crippen LogP contribution is -2.41. The zero-order chi connectivity index (χ0) is 52.5. The highest BCUT2D eigenvalue weighted by Gasteiger charge is 2.25. The average Bonchev–Trinajstić information content (AvgIpc) is 3.33. The first-order chi connectivity index (χ1) is 34.3. The molecule has 71 heavy (non-hydrogen) atoms. The second-order valence-corrected chi connectivity index (χ2v) is 22.1. The van der Waals surface area contributed by atoms with Gasteiger partial charge in [-0.25, -0.2) is 13.9 Å². The first-order valence-corrected chi connectivity index (χ1v) is 31.2. The van der Waals surface area contributed by atoms with Gasteiger partial charge in [-0.15, -0.1) is 0 Å². The molecule has 0 rings (SSSR count). The van der Waals surface area contributed by atoms with E-state index in [1.165, 1.54) is 96.3 Å². The van der Waals surface area contributed by atoms with E-state index in [1.807, 2.05) is 0 Å². The van der Waals surface area contributed by atoms with E-state index >= 15 is 0 Å². The molecule has 0 radical (unpaired) electrons. The second-order valence-electron chi connectivity index (χ2n) is 19.2. The van der Waals surface area contributed by atoms with Crippen molar-refractivity contribution in [1.82, 2.24) is 16.0 Å². The van der Waals surface area contributed by atoms with Crippen LogP contribution in [0.2, 0.25) is 0 Å². The van der Waals surface area contributed by atoms with Gasteiger partial charge >= 0.3 is 27.6 Å². The summed E-state index contributed by atoms with van der Waals surface area (Å²) >= 11 is 0. The number of esters is 1. The number of carbonyl (C=O) groups is 3. The molecule has 3 amide bonds. The maximum absolute atomic E-state index is 12.8. The Balaban J connectivity index is 4.53. The van der Waals surface area contributed by atoms with Gasteiger partial charge in [0.05, 0.1) is 45.7 Å². The van der Waals surface area contributed by atoms with Crippen LogP contribution >= 0.6 is 15.6 Å². The summed E-state index contributed by atoms with van der Waals surface area (Å²) in [7, 11) is -8.93. The fourth-order valence-corrected chi connectivity index (χ4v) is 9.29. The monoisotopic (exact) mass is 1060 g/mol. The highest BCUT2D eigenvalue weighted by Crippen LogP contribution is 2.43. The summed E-state index contributed by atoms with van der Waals surface area (Å²) in [6.07, 6.45) is 31.7. The molecule has 0 aliphatic rings. The third-order valence-corrected chi connectivity index (χ3v) is 14.2. The molecular formula is C52H105N3O14P2. The van der Waals surface area contributed by atoms with Crippen molar-refractivity contribution in [3.05, 3.63) is 0 Å². The zero-order valence-electron chi connectivity index (χ0n) is 45.4. The maximum Gasteiger partial charge on any atom is 0.472 e. The lowest BCUT2D eigenvalue weighted by molar-refractivity contribution is -0.150. The summed E-state index contributed by atoms with van der Waals surface area (Å²) in [6, 6.07) is -1.32. The van der Waals surface area contributed by atoms with E-state index in [0.29, 0.717) is 44.8 Å². The van der Waals surface area contributed by atoms with E-state index in [9.17, 15) is 33.3 Å². The highest BCUT2D eigenvalue weighted by atomic mass is 31.2. The van der Waals surface area contributed by atoms with Crippen molar-refractivity contribution in [2.45, 2.75) is 246 Å². The van der Waals surface area contributed by atoms with Gasteiger partial charge in [0.15, 0.2) is 0 Å². The van der Waals surface area contributed by atoms with E-state index in [2.05, 4.69) is 50.6 Å². The molecule has 5 N–H and O–H groups in total. The van der Waals surface area contributed by atoms with Gasteiger partial charge in [0.2, 0.25) is 5.91 Å². The number of hydrogen-bond donors (Lipinski definition) is 5. The third kappa shape index (κ3) is 49.0. The predicted molar refractivity (Wildman–Crippen MR) is 283 cm³/mol. The smallest absolute Gasteiger partial charge is 0.462 e. The zero-order valence-corrected chi connectivity index (χ0v) is 47.2. The van der Waals surface area contributed by atoms with Gasteiger partial charge in [-0.3, -0.25) is 27.7 Å². The van der Waals surface area contributed by atoms with Crippen LogP contribution in [-0.2, 0) is 51.0 Å². The SMILES string of the molecule is CCCCCCCCCCCC(=O)N[C@@H](COCC[C@H](C)CCCCCCC)COP(=O)(O)OCCNC(=O)NCCOP(=O)(O)OCCCOCC[C@@H](CCCCCCC)OC(=O)CCCCCCC. The summed E-state index contributed by atoms with van der Waals surface area (Å²) in [6.45, 7) is 10.9. The minimum absolute atomic E-state index is 0.0881. The molecule has 5 atom stereocenters. The molecule has 0 aliphatic carbocycles. The first-order valence-electron chi connectivity index (χ1n) is 28.2. The van der Waals surface area contributed by atoms with Crippen LogP contribution in [0.5, 0.6) is 0 Å². The van der Waals surface area contributed by atoms with Crippen molar-refractivity contribution < 1.29 is 65.6 Å². The van der Waals surface area contributed by atoms with E-state index in [-0.39, 0.29) is 70.7 Å². The largest absolute Gasteiger partial charge is 0.472 e. The molecule has 422 valence electrons. The molecule has 0 aromatic carbocycles. The number of hydrogen-bond acceptors (Lipinski definition) is 12. The van der Waals surface area contributed by atoms with Crippen LogP contribution in [0.3, 0.4) is 0 Å². The molecule has 19 heteroatoms. The van der Waals surface area contributed by atoms with Crippen molar-refractivity contribution in [3.63, 3.8) is 0 Å². The Morgan fingerprint density at radius 1 is 0.465 bits per heavy atom. The number of amides is 3. The molecule has 0 spiro atoms. The molecule has 0 bridgehead atoms. The molecule has 0 saturated carbocycles. The van der Waals surface area contributed by atoms with Crippen LogP contribution in [0, 0.1) is 5.92 Å². The summed E-state index contributed by atoms with van der Waals surface area (Å²) in [5.41, 5.74) is 0. The minimum atomic E-state index is -4.55. The first kappa shape index (κ1) is 69.3. The standard InChI is InChI=1S/C52H105N3O14P2/c1-6-10-14-18-19-20-21-25-28-33-50(56)55-48(45-64-41-35-47(5)31-26-22-15-11-7-2)46-68-71(61,62)67-44-38-54-52(58)53-37-43-66-70(59,60)65-40-30-39-63-42-36-49(32-27-23-16-12-8-3)69-51(57)34-29-24-17-13-9-4/h47-49H,6-46H2,1-5H3,(H,55,56)(H,59,60)(H,61,62)(H2,53,54,58)/t47-,48+,49-/m1/s1. The van der Waals surface area contributed by atoms with Gasteiger partial charge < -0.3 is 39.9 Å². The Bertz CT molecular complexity index is 1350. The van der Waals surface area contributed by atoms with Crippen LogP contribution in [0.25, 0.3) is 0 Å². The topological polar surface area (TPSA) is 227 Å². The summed E-state index contributed by atoms with van der Waals surface area (Å²) < 4.78 is 62.8. The molecular weight excluding hydrogens is 953 g/mol. The summed E-state index contributed by atoms with van der Waals surface area (Å²) in [5.74, 6) is 0.183. The number of ether oxygens (including phenoxy) is 3. The molecule has 0 aromatic rings. The van der Waals surface area contributed by atoms with Gasteiger partial charge in [-0.1, -0.05) is 176 Å². The Labute approximate surface area is 431 Å². The van der Waals surface area contributed by atoms with Crippen LogP contribution in [-0.4, -0.2) is 106 Å². The van der Waals surface area contributed by atoms with Crippen molar-refractivity contribution in [1.29, 1.82) is 0 Å². The fourth-order valence-electron chi connectivity index (χ4n) is 7.76. The van der Waals surface area contributed by atoms with Gasteiger partial charge in [0.25, 0.3) is 0 Å². The Morgan fingerprint density at radius 2 is 0.930 bits per heavy atom. The maximum atomic E-state index is 12.8. The van der Waals surface area contributed by atoms with Gasteiger partial charge in [0, 0.05) is 45.6 Å². The summed E-state index contributed by atoms with van der Waals surface area (Å²) in [5, 5.41) is 7.82. The molecule has 0 fully saturated rings.